The van der Waals surface area contributed by atoms with Gasteiger partial charge < -0.3 is 15.0 Å². The Morgan fingerprint density at radius 1 is 1.30 bits per heavy atom. The first kappa shape index (κ1) is 17.3. The molecular formula is C15H20N2O5S. The average Bonchev–Trinajstić information content (AvgIpc) is 2.85. The monoisotopic (exact) mass is 340 g/mol. The van der Waals surface area contributed by atoms with Gasteiger partial charge in [0.1, 0.15) is 12.3 Å². The van der Waals surface area contributed by atoms with E-state index in [0.717, 1.165) is 0 Å². The smallest absolute Gasteiger partial charge is 0.244 e. The lowest BCUT2D eigenvalue weighted by atomic mass is 10.2. The normalized spacial score (nSPS) is 19.1. The number of benzene rings is 1. The van der Waals surface area contributed by atoms with Gasteiger partial charge >= 0.3 is 0 Å². The standard InChI is InChI=1S/C15H20N2O5S/c1-11(18)17(13-7-8-23(20,21)10-13)9-15(19)16-12-3-5-14(22-2)6-4-12/h3-6,13H,7-10H2,1-2H3,(H,16,19). The van der Waals surface area contributed by atoms with Crippen molar-refractivity contribution >= 4 is 27.3 Å². The lowest BCUT2D eigenvalue weighted by molar-refractivity contribution is -0.134. The molecule has 2 rings (SSSR count). The van der Waals surface area contributed by atoms with Crippen LogP contribution in [-0.4, -0.2) is 56.3 Å². The van der Waals surface area contributed by atoms with Gasteiger partial charge in [0.05, 0.1) is 18.6 Å². The van der Waals surface area contributed by atoms with Crippen LogP contribution in [0.4, 0.5) is 5.69 Å². The van der Waals surface area contributed by atoms with Crippen LogP contribution in [0.1, 0.15) is 13.3 Å². The van der Waals surface area contributed by atoms with E-state index in [9.17, 15) is 18.0 Å². The first-order chi connectivity index (χ1) is 10.8. The highest BCUT2D eigenvalue weighted by Crippen LogP contribution is 2.19. The van der Waals surface area contributed by atoms with Crippen LogP contribution in [0, 0.1) is 0 Å². The molecule has 1 saturated heterocycles. The SMILES string of the molecule is COc1ccc(NC(=O)CN(C(C)=O)C2CCS(=O)(=O)C2)cc1. The van der Waals surface area contributed by atoms with Gasteiger partial charge in [0.2, 0.25) is 11.8 Å². The first-order valence-corrected chi connectivity index (χ1v) is 9.04. The molecule has 0 aromatic heterocycles. The molecule has 0 bridgehead atoms. The van der Waals surface area contributed by atoms with Gasteiger partial charge in [0.15, 0.2) is 9.84 Å². The Labute approximate surface area is 135 Å². The molecule has 0 aliphatic carbocycles. The first-order valence-electron chi connectivity index (χ1n) is 7.22. The number of anilines is 1. The fraction of sp³-hybridized carbons (Fsp3) is 0.467. The summed E-state index contributed by atoms with van der Waals surface area (Å²) in [5, 5.41) is 2.68. The van der Waals surface area contributed by atoms with Crippen LogP contribution in [-0.2, 0) is 19.4 Å². The van der Waals surface area contributed by atoms with Gasteiger partial charge in [-0.2, -0.15) is 0 Å². The Morgan fingerprint density at radius 2 is 1.96 bits per heavy atom. The van der Waals surface area contributed by atoms with Gasteiger partial charge in [0.25, 0.3) is 0 Å². The summed E-state index contributed by atoms with van der Waals surface area (Å²) in [5.41, 5.74) is 0.582. The summed E-state index contributed by atoms with van der Waals surface area (Å²) in [4.78, 5) is 25.2. The molecule has 1 unspecified atom stereocenters. The molecule has 1 aromatic carbocycles. The summed E-state index contributed by atoms with van der Waals surface area (Å²) in [7, 11) is -1.57. The van der Waals surface area contributed by atoms with E-state index < -0.39 is 15.9 Å². The zero-order chi connectivity index (χ0) is 17.0. The fourth-order valence-electron chi connectivity index (χ4n) is 2.55. The molecule has 1 aromatic rings. The van der Waals surface area contributed by atoms with Gasteiger partial charge in [-0.05, 0) is 30.7 Å². The highest BCUT2D eigenvalue weighted by molar-refractivity contribution is 7.91. The van der Waals surface area contributed by atoms with E-state index in [4.69, 9.17) is 4.74 Å². The van der Waals surface area contributed by atoms with Gasteiger partial charge in [-0.25, -0.2) is 8.42 Å². The second kappa shape index (κ2) is 6.99. The van der Waals surface area contributed by atoms with Gasteiger partial charge in [-0.15, -0.1) is 0 Å². The molecule has 1 N–H and O–H groups in total. The van der Waals surface area contributed by atoms with Gasteiger partial charge in [-0.1, -0.05) is 0 Å². The molecule has 0 spiro atoms. The third-order valence-electron chi connectivity index (χ3n) is 3.74. The highest BCUT2D eigenvalue weighted by Gasteiger charge is 2.34. The van der Waals surface area contributed by atoms with Crippen LogP contribution >= 0.6 is 0 Å². The van der Waals surface area contributed by atoms with Crippen molar-refractivity contribution < 1.29 is 22.7 Å². The molecular weight excluding hydrogens is 320 g/mol. The molecule has 23 heavy (non-hydrogen) atoms. The summed E-state index contributed by atoms with van der Waals surface area (Å²) in [6.07, 6.45) is 0.373. The third kappa shape index (κ3) is 4.69. The number of hydrogen-bond acceptors (Lipinski definition) is 5. The number of amides is 2. The topological polar surface area (TPSA) is 92.8 Å². The van der Waals surface area contributed by atoms with Crippen LogP contribution < -0.4 is 10.1 Å². The molecule has 1 atom stereocenters. The second-order valence-corrected chi connectivity index (χ2v) is 7.71. The molecule has 0 radical (unpaired) electrons. The van der Waals surface area contributed by atoms with E-state index >= 15 is 0 Å². The summed E-state index contributed by atoms with van der Waals surface area (Å²) in [5.74, 6) is -0.0274. The molecule has 7 nitrogen and oxygen atoms in total. The fourth-order valence-corrected chi connectivity index (χ4v) is 4.28. The Morgan fingerprint density at radius 3 is 2.43 bits per heavy atom. The van der Waals surface area contributed by atoms with Crippen molar-refractivity contribution in [3.63, 3.8) is 0 Å². The van der Waals surface area contributed by atoms with Crippen LogP contribution in [0.5, 0.6) is 5.75 Å². The largest absolute Gasteiger partial charge is 0.497 e. The maximum absolute atomic E-state index is 12.1. The predicted molar refractivity (Wildman–Crippen MR) is 86.1 cm³/mol. The van der Waals surface area contributed by atoms with E-state index in [-0.39, 0.29) is 29.9 Å². The number of rotatable bonds is 5. The van der Waals surface area contributed by atoms with Gasteiger partial charge in [-0.3, -0.25) is 9.59 Å². The van der Waals surface area contributed by atoms with Crippen LogP contribution in [0.15, 0.2) is 24.3 Å². The quantitative estimate of drug-likeness (QED) is 0.850. The Bertz CT molecular complexity index is 684. The summed E-state index contributed by atoms with van der Waals surface area (Å²) >= 11 is 0. The van der Waals surface area contributed by atoms with E-state index in [1.54, 1.807) is 31.4 Å². The van der Waals surface area contributed by atoms with Crippen molar-refractivity contribution in [2.75, 3.05) is 30.5 Å². The molecule has 126 valence electrons. The number of carbonyl (C=O) groups is 2. The average molecular weight is 340 g/mol. The van der Waals surface area contributed by atoms with E-state index in [1.165, 1.54) is 11.8 Å². The molecule has 1 aliphatic heterocycles. The zero-order valence-electron chi connectivity index (χ0n) is 13.1. The van der Waals surface area contributed by atoms with Crippen molar-refractivity contribution in [2.45, 2.75) is 19.4 Å². The molecule has 2 amide bonds. The maximum Gasteiger partial charge on any atom is 0.244 e. The van der Waals surface area contributed by atoms with Crippen molar-refractivity contribution in [1.29, 1.82) is 0 Å². The van der Waals surface area contributed by atoms with Crippen molar-refractivity contribution in [1.82, 2.24) is 4.90 Å². The number of carbonyl (C=O) groups excluding carboxylic acids is 2. The number of hydrogen-bond donors (Lipinski definition) is 1. The van der Waals surface area contributed by atoms with E-state index in [1.807, 2.05) is 0 Å². The minimum atomic E-state index is -3.12. The Kier molecular flexibility index (Phi) is 5.25. The minimum Gasteiger partial charge on any atom is -0.497 e. The number of sulfone groups is 1. The van der Waals surface area contributed by atoms with Gasteiger partial charge in [0, 0.05) is 18.7 Å². The molecule has 1 fully saturated rings. The van der Waals surface area contributed by atoms with Crippen LogP contribution in [0.25, 0.3) is 0 Å². The molecule has 1 heterocycles. The molecule has 1 aliphatic rings. The highest BCUT2D eigenvalue weighted by atomic mass is 32.2. The predicted octanol–water partition coefficient (Wildman–Crippen LogP) is 0.669. The maximum atomic E-state index is 12.1. The number of methoxy groups -OCH3 is 1. The molecule has 0 saturated carbocycles. The second-order valence-electron chi connectivity index (χ2n) is 5.48. The Balaban J connectivity index is 1.99. The lowest BCUT2D eigenvalue weighted by Crippen LogP contribution is -2.44. The van der Waals surface area contributed by atoms with Crippen molar-refractivity contribution in [2.24, 2.45) is 0 Å². The van der Waals surface area contributed by atoms with Crippen LogP contribution in [0.2, 0.25) is 0 Å². The lowest BCUT2D eigenvalue weighted by Gasteiger charge is -2.26. The number of nitrogens with zero attached hydrogens (tertiary/aromatic N) is 1. The van der Waals surface area contributed by atoms with E-state index in [0.29, 0.717) is 17.9 Å². The summed E-state index contributed by atoms with van der Waals surface area (Å²) < 4.78 is 28.1. The zero-order valence-corrected chi connectivity index (χ0v) is 13.9. The summed E-state index contributed by atoms with van der Waals surface area (Å²) in [6.45, 7) is 1.17. The molecule has 8 heteroatoms. The minimum absolute atomic E-state index is 0.0571. The van der Waals surface area contributed by atoms with Crippen molar-refractivity contribution in [3.05, 3.63) is 24.3 Å². The number of nitrogens with one attached hydrogen (secondary N) is 1. The summed E-state index contributed by atoms with van der Waals surface area (Å²) in [6, 6.07) is 6.37. The number of ether oxygens (including phenoxy) is 1. The van der Waals surface area contributed by atoms with E-state index in [2.05, 4.69) is 5.32 Å². The van der Waals surface area contributed by atoms with Crippen molar-refractivity contribution in [3.8, 4) is 5.75 Å². The Hall–Kier alpha value is -2.09. The third-order valence-corrected chi connectivity index (χ3v) is 5.49. The van der Waals surface area contributed by atoms with Crippen LogP contribution in [0.3, 0.4) is 0 Å².